The highest BCUT2D eigenvalue weighted by Crippen LogP contribution is 2.46. The van der Waals surface area contributed by atoms with E-state index in [-0.39, 0.29) is 35.9 Å². The second kappa shape index (κ2) is 4.06. The summed E-state index contributed by atoms with van der Waals surface area (Å²) in [7, 11) is -0.305. The van der Waals surface area contributed by atoms with Gasteiger partial charge in [-0.05, 0) is 12.8 Å². The molecule has 0 radical (unpaired) electrons. The number of hydrogen-bond donors (Lipinski definition) is 0. The van der Waals surface area contributed by atoms with E-state index in [9.17, 15) is 18.0 Å². The number of fused-ring (bicyclic) bond motifs is 1. The van der Waals surface area contributed by atoms with Gasteiger partial charge in [-0.3, -0.25) is 14.5 Å². The van der Waals surface area contributed by atoms with Crippen LogP contribution in [0.3, 0.4) is 0 Å². The van der Waals surface area contributed by atoms with Gasteiger partial charge in [-0.2, -0.15) is 0 Å². The van der Waals surface area contributed by atoms with Crippen molar-refractivity contribution in [2.75, 3.05) is 26.4 Å². The average molecular weight is 260 g/mol. The van der Waals surface area contributed by atoms with Crippen LogP contribution in [0.25, 0.3) is 0 Å². The van der Waals surface area contributed by atoms with Gasteiger partial charge in [0.05, 0.1) is 17.6 Å². The van der Waals surface area contributed by atoms with Gasteiger partial charge >= 0.3 is 0 Å². The predicted molar refractivity (Wildman–Crippen MR) is 60.4 cm³/mol. The molecule has 2 atom stereocenters. The number of imide groups is 1. The molecule has 1 aliphatic heterocycles. The summed E-state index contributed by atoms with van der Waals surface area (Å²) >= 11 is 0. The molecule has 96 valence electrons. The molecule has 7 heteroatoms. The molecular weight excluding hydrogens is 244 g/mol. The molecule has 1 saturated carbocycles. The molecule has 0 N–H and O–H groups in total. The van der Waals surface area contributed by atoms with Crippen LogP contribution in [-0.2, 0) is 19.6 Å². The van der Waals surface area contributed by atoms with E-state index in [1.807, 2.05) is 0 Å². The molecule has 0 bridgehead atoms. The first kappa shape index (κ1) is 12.5. The van der Waals surface area contributed by atoms with E-state index >= 15 is 0 Å². The molecule has 2 unspecified atom stereocenters. The number of carbonyl (C=O) groups is 2. The van der Waals surface area contributed by atoms with Crippen LogP contribution in [0.1, 0.15) is 12.8 Å². The van der Waals surface area contributed by atoms with E-state index in [1.54, 1.807) is 0 Å². The molecule has 0 aromatic heterocycles. The van der Waals surface area contributed by atoms with Gasteiger partial charge in [0.15, 0.2) is 0 Å². The van der Waals surface area contributed by atoms with Crippen molar-refractivity contribution in [2.24, 2.45) is 11.8 Å². The maximum atomic E-state index is 11.6. The largest absolute Gasteiger partial charge is 0.282 e. The van der Waals surface area contributed by atoms with Crippen molar-refractivity contribution in [3.05, 3.63) is 0 Å². The molecule has 0 aromatic carbocycles. The number of piperidine rings is 1. The highest BCUT2D eigenvalue weighted by molar-refractivity contribution is 7.89. The number of rotatable bonds is 5. The lowest BCUT2D eigenvalue weighted by molar-refractivity contribution is -0.141. The van der Waals surface area contributed by atoms with Crippen LogP contribution in [0.4, 0.5) is 0 Å². The van der Waals surface area contributed by atoms with Crippen molar-refractivity contribution in [3.8, 4) is 0 Å². The number of amides is 2. The van der Waals surface area contributed by atoms with E-state index in [1.165, 1.54) is 19.0 Å². The van der Waals surface area contributed by atoms with Gasteiger partial charge in [-0.25, -0.2) is 12.7 Å². The first-order chi connectivity index (χ1) is 7.84. The molecule has 1 saturated heterocycles. The van der Waals surface area contributed by atoms with Crippen molar-refractivity contribution in [2.45, 2.75) is 12.8 Å². The van der Waals surface area contributed by atoms with Crippen molar-refractivity contribution in [1.82, 2.24) is 9.21 Å². The zero-order valence-electron chi connectivity index (χ0n) is 9.92. The SMILES string of the molecule is CN(C)S(=O)(=O)CCCN1C(=O)C2CC2C1=O. The Labute approximate surface area is 101 Å². The van der Waals surface area contributed by atoms with Crippen LogP contribution in [0.15, 0.2) is 0 Å². The van der Waals surface area contributed by atoms with Gasteiger partial charge in [-0.1, -0.05) is 0 Å². The molecule has 2 amide bonds. The summed E-state index contributed by atoms with van der Waals surface area (Å²) in [5.74, 6) is -0.489. The number of nitrogens with zero attached hydrogens (tertiary/aromatic N) is 2. The minimum absolute atomic E-state index is 0.0353. The molecule has 17 heavy (non-hydrogen) atoms. The predicted octanol–water partition coefficient (Wildman–Crippen LogP) is -0.727. The minimum Gasteiger partial charge on any atom is -0.282 e. The zero-order chi connectivity index (χ0) is 12.8. The van der Waals surface area contributed by atoms with Gasteiger partial charge in [0.25, 0.3) is 0 Å². The van der Waals surface area contributed by atoms with Gasteiger partial charge in [0.2, 0.25) is 21.8 Å². The maximum absolute atomic E-state index is 11.6. The highest BCUT2D eigenvalue weighted by atomic mass is 32.2. The monoisotopic (exact) mass is 260 g/mol. The van der Waals surface area contributed by atoms with Crippen molar-refractivity contribution in [1.29, 1.82) is 0 Å². The third-order valence-electron chi connectivity index (χ3n) is 3.30. The summed E-state index contributed by atoms with van der Waals surface area (Å²) < 4.78 is 24.1. The van der Waals surface area contributed by atoms with Crippen LogP contribution in [-0.4, -0.2) is 55.8 Å². The van der Waals surface area contributed by atoms with Crippen molar-refractivity contribution in [3.63, 3.8) is 0 Å². The van der Waals surface area contributed by atoms with Crippen molar-refractivity contribution >= 4 is 21.8 Å². The first-order valence-electron chi connectivity index (χ1n) is 5.60. The summed E-state index contributed by atoms with van der Waals surface area (Å²) in [6.45, 7) is 0.220. The van der Waals surface area contributed by atoms with E-state index in [4.69, 9.17) is 0 Å². The number of hydrogen-bond acceptors (Lipinski definition) is 4. The average Bonchev–Trinajstić information content (AvgIpc) is 2.97. The molecule has 2 fully saturated rings. The third kappa shape index (κ3) is 2.21. The molecule has 2 aliphatic rings. The molecule has 1 heterocycles. The lowest BCUT2D eigenvalue weighted by atomic mass is 10.3. The quantitative estimate of drug-likeness (QED) is 0.611. The zero-order valence-corrected chi connectivity index (χ0v) is 10.7. The van der Waals surface area contributed by atoms with Gasteiger partial charge < -0.3 is 0 Å². The highest BCUT2D eigenvalue weighted by Gasteiger charge is 2.58. The van der Waals surface area contributed by atoms with Crippen LogP contribution < -0.4 is 0 Å². The van der Waals surface area contributed by atoms with E-state index in [2.05, 4.69) is 0 Å². The summed E-state index contributed by atoms with van der Waals surface area (Å²) in [6, 6.07) is 0. The van der Waals surface area contributed by atoms with Crippen molar-refractivity contribution < 1.29 is 18.0 Å². The van der Waals surface area contributed by atoms with Crippen LogP contribution in [0.5, 0.6) is 0 Å². The Morgan fingerprint density at radius 3 is 2.24 bits per heavy atom. The summed E-state index contributed by atoms with van der Waals surface area (Å²) in [4.78, 5) is 24.4. The number of sulfonamides is 1. The Balaban J connectivity index is 1.84. The lowest BCUT2D eigenvalue weighted by Gasteiger charge is -2.17. The fourth-order valence-electron chi connectivity index (χ4n) is 2.06. The van der Waals surface area contributed by atoms with E-state index in [0.29, 0.717) is 12.8 Å². The molecule has 0 spiro atoms. The van der Waals surface area contributed by atoms with Crippen LogP contribution >= 0.6 is 0 Å². The molecule has 6 nitrogen and oxygen atoms in total. The Morgan fingerprint density at radius 2 is 1.76 bits per heavy atom. The van der Waals surface area contributed by atoms with Crippen LogP contribution in [0.2, 0.25) is 0 Å². The van der Waals surface area contributed by atoms with Crippen LogP contribution in [0, 0.1) is 11.8 Å². The van der Waals surface area contributed by atoms with Gasteiger partial charge in [0.1, 0.15) is 0 Å². The first-order valence-corrected chi connectivity index (χ1v) is 7.21. The Morgan fingerprint density at radius 1 is 1.24 bits per heavy atom. The van der Waals surface area contributed by atoms with E-state index < -0.39 is 10.0 Å². The normalized spacial score (nSPS) is 27.8. The molecule has 2 rings (SSSR count). The van der Waals surface area contributed by atoms with E-state index in [0.717, 1.165) is 4.31 Å². The third-order valence-corrected chi connectivity index (χ3v) is 5.21. The van der Waals surface area contributed by atoms with Gasteiger partial charge in [0, 0.05) is 20.6 Å². The molecule has 1 aliphatic carbocycles. The summed E-state index contributed by atoms with van der Waals surface area (Å²) in [5, 5.41) is 0. The molecule has 0 aromatic rings. The smallest absolute Gasteiger partial charge is 0.233 e. The topological polar surface area (TPSA) is 74.8 Å². The minimum atomic E-state index is -3.24. The second-order valence-corrected chi connectivity index (χ2v) is 7.03. The fourth-order valence-corrected chi connectivity index (χ4v) is 2.92. The summed E-state index contributed by atoms with van der Waals surface area (Å²) in [6.07, 6.45) is 0.988. The summed E-state index contributed by atoms with van der Waals surface area (Å²) in [5.41, 5.74) is 0. The fraction of sp³-hybridized carbons (Fsp3) is 0.800. The lowest BCUT2D eigenvalue weighted by Crippen LogP contribution is -2.35. The second-order valence-electron chi connectivity index (χ2n) is 4.73. The number of likely N-dealkylation sites (tertiary alicyclic amines) is 1. The standard InChI is InChI=1S/C10H16N2O4S/c1-11(2)17(15,16)5-3-4-12-9(13)7-6-8(7)10(12)14/h7-8H,3-6H2,1-2H3. The maximum Gasteiger partial charge on any atom is 0.233 e. The molecular formula is C10H16N2O4S. The Hall–Kier alpha value is -0.950. The Kier molecular flexibility index (Phi) is 2.99. The van der Waals surface area contributed by atoms with Gasteiger partial charge in [-0.15, -0.1) is 0 Å². The Bertz CT molecular complexity index is 437. The number of carbonyl (C=O) groups excluding carboxylic acids is 2.